The quantitative estimate of drug-likeness (QED) is 0.562. The maximum atomic E-state index is 6.06. The maximum Gasteiger partial charge on any atom is 0.0631 e. The van der Waals surface area contributed by atoms with E-state index in [4.69, 9.17) is 4.74 Å². The molecule has 0 rings (SSSR count). The highest BCUT2D eigenvalue weighted by Gasteiger charge is 2.29. The Morgan fingerprint density at radius 1 is 0.882 bits per heavy atom. The molecule has 0 N–H and O–H groups in total. The lowest BCUT2D eigenvalue weighted by Crippen LogP contribution is -2.33. The van der Waals surface area contributed by atoms with Gasteiger partial charge in [-0.25, -0.2) is 0 Å². The third-order valence-electron chi connectivity index (χ3n) is 3.05. The molecule has 17 heavy (non-hydrogen) atoms. The Morgan fingerprint density at radius 2 is 1.41 bits per heavy atom. The van der Waals surface area contributed by atoms with Crippen molar-refractivity contribution >= 4 is 0 Å². The Kier molecular flexibility index (Phi) is 6.76. The van der Waals surface area contributed by atoms with Crippen molar-refractivity contribution < 1.29 is 4.74 Å². The first kappa shape index (κ1) is 17.0. The summed E-state index contributed by atoms with van der Waals surface area (Å²) >= 11 is 0. The van der Waals surface area contributed by atoms with Gasteiger partial charge in [0.05, 0.1) is 5.60 Å². The molecule has 0 fully saturated rings. The van der Waals surface area contributed by atoms with E-state index in [0.717, 1.165) is 31.3 Å². The van der Waals surface area contributed by atoms with Crippen molar-refractivity contribution in [3.63, 3.8) is 0 Å². The van der Waals surface area contributed by atoms with Crippen molar-refractivity contribution in [1.29, 1.82) is 0 Å². The zero-order chi connectivity index (χ0) is 13.7. The van der Waals surface area contributed by atoms with Crippen LogP contribution in [0.2, 0.25) is 0 Å². The molecule has 0 heterocycles. The highest BCUT2D eigenvalue weighted by Crippen LogP contribution is 2.35. The molecule has 0 unspecified atom stereocenters. The molecule has 0 spiro atoms. The van der Waals surface area contributed by atoms with Crippen LogP contribution < -0.4 is 0 Å². The fraction of sp³-hybridized carbons (Fsp3) is 1.00. The number of rotatable bonds is 8. The van der Waals surface area contributed by atoms with Crippen LogP contribution in [0.25, 0.3) is 0 Å². The second kappa shape index (κ2) is 6.78. The first-order valence-electron chi connectivity index (χ1n) is 7.18. The standard InChI is InChI=1S/C16H34O/c1-13(2)9-10-17-16(7,8)12-15(5,6)11-14(3)4/h13-14H,9-12H2,1-8H3. The number of ether oxygens (including phenoxy) is 1. The Hall–Kier alpha value is -0.0400. The van der Waals surface area contributed by atoms with E-state index in [1.54, 1.807) is 0 Å². The molecule has 0 saturated heterocycles. The monoisotopic (exact) mass is 242 g/mol. The van der Waals surface area contributed by atoms with Crippen LogP contribution in [0, 0.1) is 17.3 Å². The fourth-order valence-corrected chi connectivity index (χ4v) is 2.95. The number of hydrogen-bond acceptors (Lipinski definition) is 1. The molecule has 0 aromatic rings. The highest BCUT2D eigenvalue weighted by molar-refractivity contribution is 4.81. The average molecular weight is 242 g/mol. The van der Waals surface area contributed by atoms with E-state index < -0.39 is 0 Å². The molecule has 0 aliphatic carbocycles. The summed E-state index contributed by atoms with van der Waals surface area (Å²) in [6, 6.07) is 0. The summed E-state index contributed by atoms with van der Waals surface area (Å²) in [7, 11) is 0. The zero-order valence-electron chi connectivity index (χ0n) is 13.4. The van der Waals surface area contributed by atoms with Crippen molar-refractivity contribution in [2.24, 2.45) is 17.3 Å². The number of hydrogen-bond donors (Lipinski definition) is 0. The molecular weight excluding hydrogens is 208 g/mol. The molecule has 0 radical (unpaired) electrons. The second-order valence-electron chi connectivity index (χ2n) is 7.73. The second-order valence-corrected chi connectivity index (χ2v) is 7.73. The largest absolute Gasteiger partial charge is 0.376 e. The Balaban J connectivity index is 4.13. The third-order valence-corrected chi connectivity index (χ3v) is 3.05. The Morgan fingerprint density at radius 3 is 1.82 bits per heavy atom. The lowest BCUT2D eigenvalue weighted by molar-refractivity contribution is -0.0521. The topological polar surface area (TPSA) is 9.23 Å². The van der Waals surface area contributed by atoms with Gasteiger partial charge in [-0.3, -0.25) is 0 Å². The first-order chi connectivity index (χ1) is 7.54. The van der Waals surface area contributed by atoms with E-state index in [1.807, 2.05) is 0 Å². The normalized spacial score (nSPS) is 13.8. The van der Waals surface area contributed by atoms with Crippen molar-refractivity contribution in [2.75, 3.05) is 6.61 Å². The summed E-state index contributed by atoms with van der Waals surface area (Å²) in [5, 5.41) is 0. The Labute approximate surface area is 109 Å². The van der Waals surface area contributed by atoms with Gasteiger partial charge in [0.15, 0.2) is 0 Å². The van der Waals surface area contributed by atoms with Crippen LogP contribution in [0.1, 0.15) is 74.7 Å². The summed E-state index contributed by atoms with van der Waals surface area (Å²) in [5.74, 6) is 1.49. The average Bonchev–Trinajstić information content (AvgIpc) is 1.95. The first-order valence-corrected chi connectivity index (χ1v) is 7.18. The van der Waals surface area contributed by atoms with E-state index in [0.29, 0.717) is 5.41 Å². The van der Waals surface area contributed by atoms with Crippen LogP contribution in [-0.4, -0.2) is 12.2 Å². The van der Waals surface area contributed by atoms with Crippen LogP contribution in [0.5, 0.6) is 0 Å². The third kappa shape index (κ3) is 9.64. The van der Waals surface area contributed by atoms with E-state index in [1.165, 1.54) is 6.42 Å². The van der Waals surface area contributed by atoms with Crippen LogP contribution in [0.4, 0.5) is 0 Å². The van der Waals surface area contributed by atoms with Gasteiger partial charge >= 0.3 is 0 Å². The predicted molar refractivity (Wildman–Crippen MR) is 77.3 cm³/mol. The van der Waals surface area contributed by atoms with Gasteiger partial charge in [0.2, 0.25) is 0 Å². The van der Waals surface area contributed by atoms with Crippen LogP contribution in [0.3, 0.4) is 0 Å². The lowest BCUT2D eigenvalue weighted by atomic mass is 9.76. The highest BCUT2D eigenvalue weighted by atomic mass is 16.5. The minimum Gasteiger partial charge on any atom is -0.376 e. The van der Waals surface area contributed by atoms with Crippen LogP contribution >= 0.6 is 0 Å². The molecule has 0 amide bonds. The minimum atomic E-state index is 0.00722. The van der Waals surface area contributed by atoms with Gasteiger partial charge < -0.3 is 4.74 Å². The van der Waals surface area contributed by atoms with Crippen molar-refractivity contribution in [3.8, 4) is 0 Å². The molecule has 0 bridgehead atoms. The molecule has 0 saturated carbocycles. The summed E-state index contributed by atoms with van der Waals surface area (Å²) in [6.07, 6.45) is 3.56. The summed E-state index contributed by atoms with van der Waals surface area (Å²) in [4.78, 5) is 0. The summed E-state index contributed by atoms with van der Waals surface area (Å²) in [6.45, 7) is 19.2. The van der Waals surface area contributed by atoms with Gasteiger partial charge in [0.25, 0.3) is 0 Å². The molecule has 0 aliphatic heterocycles. The molecule has 0 atom stereocenters. The molecule has 0 aromatic heterocycles. The van der Waals surface area contributed by atoms with E-state index in [9.17, 15) is 0 Å². The van der Waals surface area contributed by atoms with Gasteiger partial charge in [-0.05, 0) is 50.4 Å². The summed E-state index contributed by atoms with van der Waals surface area (Å²) < 4.78 is 6.06. The minimum absolute atomic E-state index is 0.00722. The van der Waals surface area contributed by atoms with Gasteiger partial charge in [-0.15, -0.1) is 0 Å². The fourth-order valence-electron chi connectivity index (χ4n) is 2.95. The SMILES string of the molecule is CC(C)CCOC(C)(C)CC(C)(C)CC(C)C. The van der Waals surface area contributed by atoms with Crippen molar-refractivity contribution in [1.82, 2.24) is 0 Å². The molecule has 104 valence electrons. The van der Waals surface area contributed by atoms with Gasteiger partial charge in [0.1, 0.15) is 0 Å². The van der Waals surface area contributed by atoms with E-state index >= 15 is 0 Å². The van der Waals surface area contributed by atoms with E-state index in [-0.39, 0.29) is 5.60 Å². The van der Waals surface area contributed by atoms with Crippen molar-refractivity contribution in [3.05, 3.63) is 0 Å². The molecule has 1 nitrogen and oxygen atoms in total. The van der Waals surface area contributed by atoms with E-state index in [2.05, 4.69) is 55.4 Å². The zero-order valence-corrected chi connectivity index (χ0v) is 13.4. The summed E-state index contributed by atoms with van der Waals surface area (Å²) in [5.41, 5.74) is 0.378. The van der Waals surface area contributed by atoms with Gasteiger partial charge in [0, 0.05) is 6.61 Å². The molecule has 0 aliphatic rings. The van der Waals surface area contributed by atoms with Gasteiger partial charge in [-0.1, -0.05) is 41.5 Å². The maximum absolute atomic E-state index is 6.06. The van der Waals surface area contributed by atoms with Gasteiger partial charge in [-0.2, -0.15) is 0 Å². The predicted octanol–water partition coefficient (Wildman–Crippen LogP) is 5.29. The van der Waals surface area contributed by atoms with Crippen LogP contribution in [-0.2, 0) is 4.74 Å². The van der Waals surface area contributed by atoms with Crippen LogP contribution in [0.15, 0.2) is 0 Å². The molecule has 0 aromatic carbocycles. The van der Waals surface area contributed by atoms with Crippen molar-refractivity contribution in [2.45, 2.75) is 80.3 Å². The smallest absolute Gasteiger partial charge is 0.0631 e. The molecular formula is C16H34O. The Bertz CT molecular complexity index is 202. The lowest BCUT2D eigenvalue weighted by Gasteiger charge is -2.36. The molecule has 1 heteroatoms.